The number of aromatic nitrogens is 3. The third-order valence-corrected chi connectivity index (χ3v) is 5.43. The summed E-state index contributed by atoms with van der Waals surface area (Å²) in [5, 5.41) is 4.41. The smallest absolute Gasteiger partial charge is 0.266 e. The molecule has 3 heterocycles. The van der Waals surface area contributed by atoms with Gasteiger partial charge in [0.25, 0.3) is 5.56 Å². The van der Waals surface area contributed by atoms with Crippen molar-refractivity contribution >= 4 is 11.6 Å². The van der Waals surface area contributed by atoms with E-state index >= 15 is 0 Å². The van der Waals surface area contributed by atoms with Crippen LogP contribution in [0, 0.1) is 5.82 Å². The summed E-state index contributed by atoms with van der Waals surface area (Å²) < 4.78 is 15.4. The molecule has 4 rings (SSSR count). The van der Waals surface area contributed by atoms with Gasteiger partial charge in [0.05, 0.1) is 11.4 Å². The molecular formula is C23H24FN5O2. The maximum Gasteiger partial charge on any atom is 0.266 e. The van der Waals surface area contributed by atoms with Gasteiger partial charge in [-0.05, 0) is 36.8 Å². The molecule has 0 N–H and O–H groups in total. The molecule has 1 amide bonds. The van der Waals surface area contributed by atoms with Crippen LogP contribution in [0.25, 0.3) is 11.3 Å². The average molecular weight is 421 g/mol. The lowest BCUT2D eigenvalue weighted by molar-refractivity contribution is -0.131. The van der Waals surface area contributed by atoms with Crippen molar-refractivity contribution in [2.75, 3.05) is 31.1 Å². The zero-order valence-electron chi connectivity index (χ0n) is 17.2. The molecule has 0 saturated carbocycles. The predicted molar refractivity (Wildman–Crippen MR) is 116 cm³/mol. The lowest BCUT2D eigenvalue weighted by Crippen LogP contribution is -2.49. The maximum atomic E-state index is 14.0. The van der Waals surface area contributed by atoms with Crippen LogP contribution in [0.4, 0.5) is 10.1 Å². The molecule has 0 spiro atoms. The first-order chi connectivity index (χ1) is 15.1. The molecule has 2 aromatic heterocycles. The van der Waals surface area contributed by atoms with Crippen molar-refractivity contribution in [1.29, 1.82) is 0 Å². The van der Waals surface area contributed by atoms with Crippen LogP contribution in [0.3, 0.4) is 0 Å². The normalized spacial score (nSPS) is 14.0. The van der Waals surface area contributed by atoms with E-state index in [-0.39, 0.29) is 17.3 Å². The van der Waals surface area contributed by atoms with Gasteiger partial charge in [-0.25, -0.2) is 9.07 Å². The van der Waals surface area contributed by atoms with Crippen LogP contribution in [0.2, 0.25) is 0 Å². The fourth-order valence-corrected chi connectivity index (χ4v) is 3.73. The molecule has 0 aliphatic carbocycles. The van der Waals surface area contributed by atoms with Gasteiger partial charge in [-0.3, -0.25) is 14.6 Å². The Kier molecular flexibility index (Phi) is 6.35. The van der Waals surface area contributed by atoms with E-state index in [1.807, 2.05) is 23.1 Å². The Labute approximate surface area is 179 Å². The van der Waals surface area contributed by atoms with E-state index in [9.17, 15) is 14.0 Å². The summed E-state index contributed by atoms with van der Waals surface area (Å²) in [4.78, 5) is 32.5. The second kappa shape index (κ2) is 9.51. The number of anilines is 1. The summed E-state index contributed by atoms with van der Waals surface area (Å²) in [7, 11) is 0. The SMILES string of the molecule is O=C(CCCn1nc(-c2ccncc2)ccc1=O)N1CCN(c2ccccc2F)CC1. The van der Waals surface area contributed by atoms with Gasteiger partial charge in [0.1, 0.15) is 5.82 Å². The fraction of sp³-hybridized carbons (Fsp3) is 0.304. The van der Waals surface area contributed by atoms with Crippen molar-refractivity contribution < 1.29 is 9.18 Å². The molecule has 0 unspecified atom stereocenters. The van der Waals surface area contributed by atoms with E-state index in [1.165, 1.54) is 16.8 Å². The molecule has 0 bridgehead atoms. The Hall–Kier alpha value is -3.55. The predicted octanol–water partition coefficient (Wildman–Crippen LogP) is 2.57. The van der Waals surface area contributed by atoms with Crippen LogP contribution in [0.1, 0.15) is 12.8 Å². The Morgan fingerprint density at radius 2 is 1.71 bits per heavy atom. The molecule has 0 radical (unpaired) electrons. The van der Waals surface area contributed by atoms with E-state index in [1.54, 1.807) is 35.5 Å². The fourth-order valence-electron chi connectivity index (χ4n) is 3.73. The van der Waals surface area contributed by atoms with Crippen molar-refractivity contribution in [2.24, 2.45) is 0 Å². The molecule has 0 atom stereocenters. The number of nitrogens with zero attached hydrogens (tertiary/aromatic N) is 5. The van der Waals surface area contributed by atoms with Crippen LogP contribution in [-0.2, 0) is 11.3 Å². The van der Waals surface area contributed by atoms with E-state index in [4.69, 9.17) is 0 Å². The van der Waals surface area contributed by atoms with Gasteiger partial charge in [0.15, 0.2) is 0 Å². The summed E-state index contributed by atoms with van der Waals surface area (Å²) in [6.45, 7) is 2.69. The summed E-state index contributed by atoms with van der Waals surface area (Å²) in [6, 6.07) is 13.6. The summed E-state index contributed by atoms with van der Waals surface area (Å²) in [5.41, 5.74) is 1.96. The molecule has 160 valence electrons. The number of benzene rings is 1. The monoisotopic (exact) mass is 421 g/mol. The molecule has 1 aromatic carbocycles. The van der Waals surface area contributed by atoms with Gasteiger partial charge in [-0.15, -0.1) is 0 Å². The van der Waals surface area contributed by atoms with E-state index < -0.39 is 0 Å². The third-order valence-electron chi connectivity index (χ3n) is 5.43. The summed E-state index contributed by atoms with van der Waals surface area (Å²) >= 11 is 0. The van der Waals surface area contributed by atoms with Crippen LogP contribution >= 0.6 is 0 Å². The van der Waals surface area contributed by atoms with Crippen molar-refractivity contribution in [1.82, 2.24) is 19.7 Å². The first-order valence-corrected chi connectivity index (χ1v) is 10.4. The summed E-state index contributed by atoms with van der Waals surface area (Å²) in [5.74, 6) is -0.194. The van der Waals surface area contributed by atoms with Crippen LogP contribution in [0.15, 0.2) is 65.7 Å². The van der Waals surface area contributed by atoms with Gasteiger partial charge < -0.3 is 9.80 Å². The van der Waals surface area contributed by atoms with Crippen LogP contribution < -0.4 is 10.5 Å². The number of piperazine rings is 1. The Morgan fingerprint density at radius 1 is 0.968 bits per heavy atom. The number of carbonyl (C=O) groups is 1. The van der Waals surface area contributed by atoms with E-state index in [2.05, 4.69) is 10.1 Å². The zero-order chi connectivity index (χ0) is 21.6. The minimum absolute atomic E-state index is 0.0477. The highest BCUT2D eigenvalue weighted by Gasteiger charge is 2.22. The van der Waals surface area contributed by atoms with Gasteiger partial charge in [-0.2, -0.15) is 5.10 Å². The largest absolute Gasteiger partial charge is 0.366 e. The average Bonchev–Trinajstić information content (AvgIpc) is 2.81. The first-order valence-electron chi connectivity index (χ1n) is 10.4. The van der Waals surface area contributed by atoms with Gasteiger partial charge in [-0.1, -0.05) is 12.1 Å². The van der Waals surface area contributed by atoms with Crippen molar-refractivity contribution in [3.05, 3.63) is 77.1 Å². The molecule has 1 saturated heterocycles. The lowest BCUT2D eigenvalue weighted by atomic mass is 10.2. The van der Waals surface area contributed by atoms with Gasteiger partial charge in [0.2, 0.25) is 5.91 Å². The van der Waals surface area contributed by atoms with E-state index in [0.717, 1.165) is 5.56 Å². The number of rotatable bonds is 6. The maximum absolute atomic E-state index is 14.0. The number of hydrogen-bond acceptors (Lipinski definition) is 5. The second-order valence-electron chi connectivity index (χ2n) is 7.44. The molecular weight excluding hydrogens is 397 g/mol. The quantitative estimate of drug-likeness (QED) is 0.612. The Morgan fingerprint density at radius 3 is 2.45 bits per heavy atom. The van der Waals surface area contributed by atoms with Crippen molar-refractivity contribution in [3.8, 4) is 11.3 Å². The number of amides is 1. The number of pyridine rings is 1. The molecule has 8 heteroatoms. The molecule has 1 fully saturated rings. The van der Waals surface area contributed by atoms with Gasteiger partial charge >= 0.3 is 0 Å². The first kappa shape index (κ1) is 20.7. The minimum Gasteiger partial charge on any atom is -0.366 e. The third kappa shape index (κ3) is 4.96. The van der Waals surface area contributed by atoms with Crippen molar-refractivity contribution in [2.45, 2.75) is 19.4 Å². The second-order valence-corrected chi connectivity index (χ2v) is 7.44. The molecule has 1 aliphatic rings. The number of hydrogen-bond donors (Lipinski definition) is 0. The van der Waals surface area contributed by atoms with Crippen LogP contribution in [0.5, 0.6) is 0 Å². The molecule has 1 aliphatic heterocycles. The Balaban J connectivity index is 1.29. The summed E-state index contributed by atoms with van der Waals surface area (Å²) in [6.07, 6.45) is 4.22. The van der Waals surface area contributed by atoms with Gasteiger partial charge in [0, 0.05) is 63.2 Å². The highest BCUT2D eigenvalue weighted by Crippen LogP contribution is 2.20. The van der Waals surface area contributed by atoms with Crippen molar-refractivity contribution in [3.63, 3.8) is 0 Å². The number of halogens is 1. The van der Waals surface area contributed by atoms with Crippen LogP contribution in [-0.4, -0.2) is 51.8 Å². The zero-order valence-corrected chi connectivity index (χ0v) is 17.2. The highest BCUT2D eigenvalue weighted by atomic mass is 19.1. The molecule has 31 heavy (non-hydrogen) atoms. The minimum atomic E-state index is -0.241. The number of aryl methyl sites for hydroxylation is 1. The number of carbonyl (C=O) groups excluding carboxylic acids is 1. The lowest BCUT2D eigenvalue weighted by Gasteiger charge is -2.36. The topological polar surface area (TPSA) is 71.3 Å². The van der Waals surface area contributed by atoms with E-state index in [0.29, 0.717) is 56.9 Å². The Bertz CT molecular complexity index is 1090. The molecule has 3 aromatic rings. The molecule has 7 nitrogen and oxygen atoms in total. The highest BCUT2D eigenvalue weighted by molar-refractivity contribution is 5.76. The number of para-hydroxylation sites is 1. The standard InChI is InChI=1S/C23H24FN5O2/c24-19-4-1-2-5-21(19)27-14-16-28(17-15-27)22(30)6-3-13-29-23(31)8-7-20(26-29)18-9-11-25-12-10-18/h1-2,4-5,7-12H,3,6,13-17H2.